The fourth-order valence-corrected chi connectivity index (χ4v) is 4.78. The van der Waals surface area contributed by atoms with Gasteiger partial charge in [0.1, 0.15) is 10.5 Å². The van der Waals surface area contributed by atoms with E-state index in [0.717, 1.165) is 34.5 Å². The van der Waals surface area contributed by atoms with E-state index in [2.05, 4.69) is 10.6 Å². The molecule has 0 saturated heterocycles. The molecule has 2 unspecified atom stereocenters. The standard InChI is InChI=1S/C28H26N4O2S/c29-27(33)25(19-11-15-23(16-12-19)31-21-7-3-1-4-8-21)35-26(28(30)34)20-13-17-24(18-14-20)32-22-9-5-2-6-10-22/h1-18,25-26,31-32H,(H2,29,33)(H2,30,34). The second-order valence-electron chi connectivity index (χ2n) is 7.93. The van der Waals surface area contributed by atoms with Gasteiger partial charge in [0.25, 0.3) is 0 Å². The van der Waals surface area contributed by atoms with Crippen LogP contribution in [0.5, 0.6) is 0 Å². The largest absolute Gasteiger partial charge is 0.368 e. The van der Waals surface area contributed by atoms with Crippen molar-refractivity contribution in [3.8, 4) is 0 Å². The van der Waals surface area contributed by atoms with Gasteiger partial charge in [0.05, 0.1) is 0 Å². The molecule has 0 saturated carbocycles. The number of rotatable bonds is 10. The van der Waals surface area contributed by atoms with Gasteiger partial charge in [-0.25, -0.2) is 0 Å². The molecule has 0 aliphatic rings. The van der Waals surface area contributed by atoms with E-state index in [1.807, 2.05) is 109 Å². The number of thioether (sulfide) groups is 1. The smallest absolute Gasteiger partial charge is 0.235 e. The third-order valence-corrected chi connectivity index (χ3v) is 6.89. The van der Waals surface area contributed by atoms with Crippen LogP contribution < -0.4 is 22.1 Å². The van der Waals surface area contributed by atoms with E-state index in [4.69, 9.17) is 11.5 Å². The number of amides is 2. The van der Waals surface area contributed by atoms with Crippen molar-refractivity contribution < 1.29 is 9.59 Å². The molecule has 4 aromatic rings. The number of hydrogen-bond donors (Lipinski definition) is 4. The molecule has 0 aromatic heterocycles. The van der Waals surface area contributed by atoms with Gasteiger partial charge in [-0.2, -0.15) is 0 Å². The number of anilines is 4. The van der Waals surface area contributed by atoms with E-state index in [1.165, 1.54) is 0 Å². The Kier molecular flexibility index (Phi) is 7.70. The van der Waals surface area contributed by atoms with E-state index in [9.17, 15) is 9.59 Å². The second kappa shape index (κ2) is 11.3. The van der Waals surface area contributed by atoms with E-state index in [1.54, 1.807) is 0 Å². The van der Waals surface area contributed by atoms with Crippen molar-refractivity contribution >= 4 is 46.3 Å². The van der Waals surface area contributed by atoms with Gasteiger partial charge in [-0.3, -0.25) is 9.59 Å². The van der Waals surface area contributed by atoms with Gasteiger partial charge >= 0.3 is 0 Å². The Hall–Kier alpha value is -4.23. The van der Waals surface area contributed by atoms with E-state index >= 15 is 0 Å². The summed E-state index contributed by atoms with van der Waals surface area (Å²) in [6.45, 7) is 0. The van der Waals surface area contributed by atoms with Crippen molar-refractivity contribution in [2.75, 3.05) is 10.6 Å². The fraction of sp³-hybridized carbons (Fsp3) is 0.0714. The lowest BCUT2D eigenvalue weighted by Gasteiger charge is -2.20. The van der Waals surface area contributed by atoms with Crippen LogP contribution in [-0.4, -0.2) is 11.8 Å². The minimum absolute atomic E-state index is 0.535. The summed E-state index contributed by atoms with van der Waals surface area (Å²) in [7, 11) is 0. The Morgan fingerprint density at radius 2 is 0.829 bits per heavy atom. The van der Waals surface area contributed by atoms with Crippen molar-refractivity contribution in [2.45, 2.75) is 10.5 Å². The number of carbonyl (C=O) groups excluding carboxylic acids is 2. The summed E-state index contributed by atoms with van der Waals surface area (Å²) in [5.41, 5.74) is 16.5. The third kappa shape index (κ3) is 6.43. The highest BCUT2D eigenvalue weighted by Crippen LogP contribution is 2.41. The molecular weight excluding hydrogens is 456 g/mol. The minimum Gasteiger partial charge on any atom is -0.368 e. The topological polar surface area (TPSA) is 110 Å². The molecular formula is C28H26N4O2S. The first-order valence-corrected chi connectivity index (χ1v) is 12.0. The molecule has 35 heavy (non-hydrogen) atoms. The van der Waals surface area contributed by atoms with Crippen LogP contribution in [0, 0.1) is 0 Å². The van der Waals surface area contributed by atoms with Crippen LogP contribution in [0.15, 0.2) is 109 Å². The molecule has 0 fully saturated rings. The summed E-state index contributed by atoms with van der Waals surface area (Å²) in [5, 5.41) is 5.14. The predicted octanol–water partition coefficient (Wildman–Crippen LogP) is 5.66. The zero-order chi connectivity index (χ0) is 24.6. The molecule has 4 rings (SSSR count). The van der Waals surface area contributed by atoms with Crippen LogP contribution in [0.1, 0.15) is 21.6 Å². The fourth-order valence-electron chi connectivity index (χ4n) is 3.61. The maximum absolute atomic E-state index is 12.3. The zero-order valence-corrected chi connectivity index (χ0v) is 19.7. The van der Waals surface area contributed by atoms with Gasteiger partial charge in [-0.15, -0.1) is 11.8 Å². The molecule has 2 atom stereocenters. The van der Waals surface area contributed by atoms with Gasteiger partial charge in [-0.1, -0.05) is 60.7 Å². The number of primary amides is 2. The molecule has 0 aliphatic heterocycles. The number of benzene rings is 4. The summed E-state index contributed by atoms with van der Waals surface area (Å²) in [4.78, 5) is 24.7. The first kappa shape index (κ1) is 23.9. The SMILES string of the molecule is NC(=O)C(SC(C(N)=O)c1ccc(Nc2ccccc2)cc1)c1ccc(Nc2ccccc2)cc1. The molecule has 6 nitrogen and oxygen atoms in total. The van der Waals surface area contributed by atoms with Gasteiger partial charge < -0.3 is 22.1 Å². The third-order valence-electron chi connectivity index (χ3n) is 5.34. The molecule has 4 aromatic carbocycles. The van der Waals surface area contributed by atoms with Crippen molar-refractivity contribution in [2.24, 2.45) is 11.5 Å². The van der Waals surface area contributed by atoms with Crippen LogP contribution in [0.4, 0.5) is 22.7 Å². The Bertz CT molecular complexity index is 1160. The van der Waals surface area contributed by atoms with Crippen LogP contribution in [-0.2, 0) is 9.59 Å². The highest BCUT2D eigenvalue weighted by Gasteiger charge is 2.28. The molecule has 0 bridgehead atoms. The quantitative estimate of drug-likeness (QED) is 0.233. The zero-order valence-electron chi connectivity index (χ0n) is 18.9. The van der Waals surface area contributed by atoms with Crippen LogP contribution in [0.2, 0.25) is 0 Å². The van der Waals surface area contributed by atoms with Crippen molar-refractivity contribution in [3.05, 3.63) is 120 Å². The van der Waals surface area contributed by atoms with Gasteiger partial charge in [0.2, 0.25) is 11.8 Å². The predicted molar refractivity (Wildman–Crippen MR) is 144 cm³/mol. The summed E-state index contributed by atoms with van der Waals surface area (Å²) >= 11 is 1.14. The number of nitrogens with one attached hydrogen (secondary N) is 2. The molecule has 2 amide bonds. The average Bonchev–Trinajstić information content (AvgIpc) is 2.87. The van der Waals surface area contributed by atoms with E-state index in [0.29, 0.717) is 11.1 Å². The Morgan fingerprint density at radius 1 is 0.514 bits per heavy atom. The first-order valence-electron chi connectivity index (χ1n) is 11.1. The Labute approximate surface area is 208 Å². The van der Waals surface area contributed by atoms with Crippen LogP contribution in [0.3, 0.4) is 0 Å². The molecule has 0 spiro atoms. The Morgan fingerprint density at radius 3 is 1.14 bits per heavy atom. The molecule has 0 aliphatic carbocycles. The minimum atomic E-state index is -0.736. The monoisotopic (exact) mass is 482 g/mol. The summed E-state index contributed by atoms with van der Waals surface area (Å²) in [6.07, 6.45) is 0. The normalized spacial score (nSPS) is 12.3. The second-order valence-corrected chi connectivity index (χ2v) is 9.14. The number of para-hydroxylation sites is 2. The van der Waals surface area contributed by atoms with Gasteiger partial charge in [-0.05, 0) is 59.7 Å². The summed E-state index contributed by atoms with van der Waals surface area (Å²) in [5.74, 6) is -1.07. The first-order chi connectivity index (χ1) is 17.0. The van der Waals surface area contributed by atoms with Crippen molar-refractivity contribution in [1.29, 1.82) is 0 Å². The lowest BCUT2D eigenvalue weighted by Crippen LogP contribution is -2.25. The summed E-state index contributed by atoms with van der Waals surface area (Å²) in [6, 6.07) is 34.4. The number of hydrogen-bond acceptors (Lipinski definition) is 5. The molecule has 7 heteroatoms. The van der Waals surface area contributed by atoms with E-state index in [-0.39, 0.29) is 0 Å². The van der Waals surface area contributed by atoms with Crippen LogP contribution in [0.25, 0.3) is 0 Å². The number of nitrogens with two attached hydrogens (primary N) is 2. The maximum Gasteiger partial charge on any atom is 0.235 e. The summed E-state index contributed by atoms with van der Waals surface area (Å²) < 4.78 is 0. The highest BCUT2D eigenvalue weighted by atomic mass is 32.2. The average molecular weight is 483 g/mol. The lowest BCUT2D eigenvalue weighted by molar-refractivity contribution is -0.117. The van der Waals surface area contributed by atoms with E-state index < -0.39 is 22.3 Å². The highest BCUT2D eigenvalue weighted by molar-refractivity contribution is 8.01. The molecule has 0 radical (unpaired) electrons. The van der Waals surface area contributed by atoms with Crippen molar-refractivity contribution in [3.63, 3.8) is 0 Å². The van der Waals surface area contributed by atoms with Crippen LogP contribution >= 0.6 is 11.8 Å². The molecule has 0 heterocycles. The molecule has 6 N–H and O–H groups in total. The van der Waals surface area contributed by atoms with Crippen molar-refractivity contribution in [1.82, 2.24) is 0 Å². The maximum atomic E-state index is 12.3. The lowest BCUT2D eigenvalue weighted by atomic mass is 10.1. The number of carbonyl (C=O) groups is 2. The van der Waals surface area contributed by atoms with Gasteiger partial charge in [0.15, 0.2) is 0 Å². The van der Waals surface area contributed by atoms with Gasteiger partial charge in [0, 0.05) is 22.7 Å². The Balaban J connectivity index is 1.49. The molecule has 176 valence electrons.